The van der Waals surface area contributed by atoms with Crippen LogP contribution in [0.25, 0.3) is 0 Å². The van der Waals surface area contributed by atoms with E-state index in [4.69, 9.17) is 14.6 Å². The number of carboxylic acid groups (broad SMARTS) is 1. The molecule has 1 fully saturated rings. The van der Waals surface area contributed by atoms with Crippen molar-refractivity contribution in [3.05, 3.63) is 71.8 Å². The highest BCUT2D eigenvalue weighted by Gasteiger charge is 2.43. The average Bonchev–Trinajstić information content (AvgIpc) is 2.85. The summed E-state index contributed by atoms with van der Waals surface area (Å²) < 4.78 is 10.3. The lowest BCUT2D eigenvalue weighted by molar-refractivity contribution is -0.153. The smallest absolute Gasteiger partial charge is 0.414 e. The molecule has 2 atom stereocenters. The number of carbonyl (C=O) groups excluding carboxylic acids is 3. The van der Waals surface area contributed by atoms with Gasteiger partial charge >= 0.3 is 18.2 Å². The maximum absolute atomic E-state index is 12.2. The molecule has 0 aromatic heterocycles. The van der Waals surface area contributed by atoms with Crippen LogP contribution in [0.5, 0.6) is 0 Å². The second-order valence-corrected chi connectivity index (χ2v) is 7.68. The molecule has 0 radical (unpaired) electrons. The standard InChI is InChI=1S/C24H26N4O7/c29-20-18(19(26-20)21(30)31)12-7-13-25-22(27-23(32)34-14-16-8-3-1-4-9-16)28-24(33)35-15-17-10-5-2-6-11-17/h1-6,8-11,18-19H,7,12-15H2,(H,26,29)(H,30,31)(H2,25,27,28,32,33)/t18-,19+/m0/s1. The molecule has 0 spiro atoms. The fraction of sp³-hybridized carbons (Fsp3) is 0.292. The topological polar surface area (TPSA) is 155 Å². The molecule has 3 amide bonds. The molecule has 1 heterocycles. The molecular formula is C24H26N4O7. The highest BCUT2D eigenvalue weighted by molar-refractivity contribution is 6.01. The van der Waals surface area contributed by atoms with Gasteiger partial charge < -0.3 is 19.9 Å². The minimum Gasteiger partial charge on any atom is -0.480 e. The van der Waals surface area contributed by atoms with Crippen molar-refractivity contribution >= 4 is 30.0 Å². The van der Waals surface area contributed by atoms with Gasteiger partial charge in [-0.1, -0.05) is 60.7 Å². The zero-order valence-corrected chi connectivity index (χ0v) is 18.8. The van der Waals surface area contributed by atoms with Crippen molar-refractivity contribution in [1.82, 2.24) is 16.0 Å². The van der Waals surface area contributed by atoms with Crippen LogP contribution in [0.15, 0.2) is 65.7 Å². The summed E-state index contributed by atoms with van der Waals surface area (Å²) in [6.07, 6.45) is -1.02. The van der Waals surface area contributed by atoms with Gasteiger partial charge in [-0.2, -0.15) is 0 Å². The molecule has 3 rings (SSSR count). The number of nitrogens with zero attached hydrogens (tertiary/aromatic N) is 1. The molecule has 0 bridgehead atoms. The zero-order valence-electron chi connectivity index (χ0n) is 18.8. The van der Waals surface area contributed by atoms with E-state index in [0.29, 0.717) is 6.42 Å². The third kappa shape index (κ3) is 8.14. The first-order chi connectivity index (χ1) is 16.9. The Bertz CT molecular complexity index is 1000. The first-order valence-electron chi connectivity index (χ1n) is 11.0. The lowest BCUT2D eigenvalue weighted by Crippen LogP contribution is -2.61. The van der Waals surface area contributed by atoms with Gasteiger partial charge in [-0.05, 0) is 24.0 Å². The van der Waals surface area contributed by atoms with Crippen LogP contribution in [0.4, 0.5) is 9.59 Å². The van der Waals surface area contributed by atoms with Gasteiger partial charge in [0.2, 0.25) is 11.9 Å². The third-order valence-corrected chi connectivity index (χ3v) is 5.11. The van der Waals surface area contributed by atoms with Crippen LogP contribution in [0.1, 0.15) is 24.0 Å². The minimum atomic E-state index is -1.09. The van der Waals surface area contributed by atoms with E-state index in [-0.39, 0.29) is 38.0 Å². The number of carboxylic acids is 1. The number of hydrogen-bond acceptors (Lipinski definition) is 7. The van der Waals surface area contributed by atoms with Gasteiger partial charge in [0.25, 0.3) is 0 Å². The Kier molecular flexibility index (Phi) is 9.17. The maximum atomic E-state index is 12.2. The third-order valence-electron chi connectivity index (χ3n) is 5.11. The number of β-lactam (4-membered cyclic amide) rings is 1. The van der Waals surface area contributed by atoms with E-state index in [2.05, 4.69) is 20.9 Å². The second-order valence-electron chi connectivity index (χ2n) is 7.68. The Morgan fingerprint density at radius 2 is 1.40 bits per heavy atom. The van der Waals surface area contributed by atoms with Crippen LogP contribution >= 0.6 is 0 Å². The van der Waals surface area contributed by atoms with Crippen molar-refractivity contribution in [3.8, 4) is 0 Å². The van der Waals surface area contributed by atoms with Gasteiger partial charge in [-0.3, -0.25) is 20.4 Å². The lowest BCUT2D eigenvalue weighted by atomic mass is 9.86. The number of amides is 3. The largest absolute Gasteiger partial charge is 0.480 e. The van der Waals surface area contributed by atoms with E-state index >= 15 is 0 Å². The van der Waals surface area contributed by atoms with Crippen LogP contribution in [0, 0.1) is 5.92 Å². The normalized spacial score (nSPS) is 16.2. The molecule has 1 aliphatic heterocycles. The number of rotatable bonds is 9. The summed E-state index contributed by atoms with van der Waals surface area (Å²) in [6.45, 7) is 0.154. The summed E-state index contributed by atoms with van der Waals surface area (Å²) >= 11 is 0. The number of guanidine groups is 1. The minimum absolute atomic E-state index is 0.0196. The van der Waals surface area contributed by atoms with Crippen molar-refractivity contribution in [3.63, 3.8) is 0 Å². The molecular weight excluding hydrogens is 456 g/mol. The molecule has 35 heavy (non-hydrogen) atoms. The van der Waals surface area contributed by atoms with Crippen molar-refractivity contribution in [2.45, 2.75) is 32.1 Å². The predicted molar refractivity (Wildman–Crippen MR) is 124 cm³/mol. The van der Waals surface area contributed by atoms with Crippen molar-refractivity contribution < 1.29 is 33.8 Å². The van der Waals surface area contributed by atoms with Crippen molar-refractivity contribution in [1.29, 1.82) is 0 Å². The van der Waals surface area contributed by atoms with Crippen LogP contribution in [0.3, 0.4) is 0 Å². The van der Waals surface area contributed by atoms with E-state index in [0.717, 1.165) is 11.1 Å². The summed E-state index contributed by atoms with van der Waals surface area (Å²) in [5.74, 6) is -2.25. The Morgan fingerprint density at radius 3 is 1.86 bits per heavy atom. The van der Waals surface area contributed by atoms with Gasteiger partial charge in [-0.15, -0.1) is 0 Å². The fourth-order valence-corrected chi connectivity index (χ4v) is 3.27. The number of carbonyl (C=O) groups is 4. The van der Waals surface area contributed by atoms with Crippen molar-refractivity contribution in [2.24, 2.45) is 10.9 Å². The Balaban J connectivity index is 1.53. The Labute approximate surface area is 201 Å². The SMILES string of the molecule is O=C(NC(=NCCC[C@@H]1C(=O)N[C@H]1C(=O)O)NC(=O)OCc1ccccc1)OCc1ccccc1. The molecule has 1 saturated heterocycles. The number of aliphatic carboxylic acids is 1. The van der Waals surface area contributed by atoms with Gasteiger partial charge in [0.15, 0.2) is 0 Å². The summed E-state index contributed by atoms with van der Waals surface area (Å²) in [4.78, 5) is 51.3. The maximum Gasteiger partial charge on any atom is 0.414 e. The average molecular weight is 482 g/mol. The summed E-state index contributed by atoms with van der Waals surface area (Å²) in [5.41, 5.74) is 1.56. The highest BCUT2D eigenvalue weighted by Crippen LogP contribution is 2.20. The first kappa shape index (κ1) is 25.2. The molecule has 184 valence electrons. The summed E-state index contributed by atoms with van der Waals surface area (Å²) in [6, 6.07) is 17.2. The molecule has 0 unspecified atom stereocenters. The van der Waals surface area contributed by atoms with Gasteiger partial charge in [0.1, 0.15) is 19.3 Å². The van der Waals surface area contributed by atoms with Crippen LogP contribution in [-0.4, -0.2) is 47.7 Å². The molecule has 1 aliphatic rings. The first-order valence-corrected chi connectivity index (χ1v) is 11.0. The fourth-order valence-electron chi connectivity index (χ4n) is 3.27. The van der Waals surface area contributed by atoms with Gasteiger partial charge in [-0.25, -0.2) is 14.4 Å². The number of aliphatic imine (C=N–C) groups is 1. The molecule has 2 aromatic carbocycles. The van der Waals surface area contributed by atoms with Crippen molar-refractivity contribution in [2.75, 3.05) is 6.54 Å². The number of benzene rings is 2. The zero-order chi connectivity index (χ0) is 25.0. The van der Waals surface area contributed by atoms with Crippen LogP contribution in [0.2, 0.25) is 0 Å². The molecule has 2 aromatic rings. The van der Waals surface area contributed by atoms with Crippen LogP contribution < -0.4 is 16.0 Å². The van der Waals surface area contributed by atoms with Crippen LogP contribution in [-0.2, 0) is 32.3 Å². The Hall–Kier alpha value is -4.41. The van der Waals surface area contributed by atoms with E-state index in [1.54, 1.807) is 24.3 Å². The lowest BCUT2D eigenvalue weighted by Gasteiger charge is -2.33. The summed E-state index contributed by atoms with van der Waals surface area (Å²) in [5, 5.41) is 16.1. The van der Waals surface area contributed by atoms with E-state index in [1.165, 1.54) is 0 Å². The highest BCUT2D eigenvalue weighted by atomic mass is 16.6. The molecule has 0 saturated carbocycles. The van der Waals surface area contributed by atoms with E-state index < -0.39 is 30.1 Å². The number of nitrogens with one attached hydrogen (secondary N) is 3. The van der Waals surface area contributed by atoms with E-state index in [1.807, 2.05) is 36.4 Å². The van der Waals surface area contributed by atoms with Gasteiger partial charge in [0.05, 0.1) is 5.92 Å². The Morgan fingerprint density at radius 1 is 0.886 bits per heavy atom. The predicted octanol–water partition coefficient (Wildman–Crippen LogP) is 2.17. The second kappa shape index (κ2) is 12.7. The summed E-state index contributed by atoms with van der Waals surface area (Å²) in [7, 11) is 0. The van der Waals surface area contributed by atoms with Gasteiger partial charge in [0, 0.05) is 6.54 Å². The quantitative estimate of drug-likeness (QED) is 0.185. The number of hydrogen-bond donors (Lipinski definition) is 4. The number of alkyl carbamates (subject to hydrolysis) is 2. The van der Waals surface area contributed by atoms with E-state index in [9.17, 15) is 19.2 Å². The monoisotopic (exact) mass is 482 g/mol. The molecule has 0 aliphatic carbocycles. The molecule has 4 N–H and O–H groups in total. The molecule has 11 nitrogen and oxygen atoms in total. The molecule has 11 heteroatoms. The number of ether oxygens (including phenoxy) is 2.